The third-order valence-corrected chi connectivity index (χ3v) is 4.15. The highest BCUT2D eigenvalue weighted by molar-refractivity contribution is 5.82. The van der Waals surface area contributed by atoms with E-state index < -0.39 is 0 Å². The monoisotopic (exact) mass is 250 g/mol. The number of amides is 1. The maximum atomic E-state index is 12.0. The predicted octanol–water partition coefficient (Wildman–Crippen LogP) is 0.118. The van der Waals surface area contributed by atoms with Gasteiger partial charge in [-0.25, -0.2) is 0 Å². The number of nitrogens with one attached hydrogen (secondary N) is 2. The summed E-state index contributed by atoms with van der Waals surface area (Å²) in [6.45, 7) is 2.67. The van der Waals surface area contributed by atoms with Crippen LogP contribution >= 0.6 is 0 Å². The molecule has 1 aromatic heterocycles. The van der Waals surface area contributed by atoms with Crippen LogP contribution in [0.15, 0.2) is 10.9 Å². The van der Waals surface area contributed by atoms with E-state index in [1.54, 1.807) is 0 Å². The Kier molecular flexibility index (Phi) is 3.03. The third kappa shape index (κ3) is 2.25. The molecule has 0 radical (unpaired) electrons. The van der Waals surface area contributed by atoms with Crippen molar-refractivity contribution in [1.29, 1.82) is 0 Å². The Balaban J connectivity index is 1.43. The van der Waals surface area contributed by atoms with Crippen molar-refractivity contribution in [2.75, 3.05) is 19.6 Å². The van der Waals surface area contributed by atoms with Crippen LogP contribution in [0.25, 0.3) is 0 Å². The molecule has 2 N–H and O–H groups in total. The molecule has 2 heterocycles. The average Bonchev–Trinajstić information content (AvgIpc) is 2.85. The van der Waals surface area contributed by atoms with Crippen LogP contribution in [0, 0.1) is 11.3 Å². The minimum atomic E-state index is 0.191. The first-order valence-electron chi connectivity index (χ1n) is 6.54. The summed E-state index contributed by atoms with van der Waals surface area (Å²) in [5.41, 5.74) is 0.305. The van der Waals surface area contributed by atoms with Crippen LogP contribution in [0.2, 0.25) is 0 Å². The minimum absolute atomic E-state index is 0.191. The lowest BCUT2D eigenvalue weighted by atomic mass is 9.92. The van der Waals surface area contributed by atoms with Gasteiger partial charge >= 0.3 is 0 Å². The number of hydrogen-bond acceptors (Lipinski definition) is 5. The second kappa shape index (κ2) is 4.68. The SMILES string of the molecule is O=C(NCCc1ncno1)C1CC12CCNCC2. The average molecular weight is 250 g/mol. The van der Waals surface area contributed by atoms with Gasteiger partial charge in [-0.15, -0.1) is 0 Å². The summed E-state index contributed by atoms with van der Waals surface area (Å²) in [4.78, 5) is 15.9. The number of rotatable bonds is 4. The van der Waals surface area contributed by atoms with Crippen LogP contribution in [0.5, 0.6) is 0 Å². The Morgan fingerprint density at radius 1 is 1.56 bits per heavy atom. The van der Waals surface area contributed by atoms with Gasteiger partial charge in [-0.3, -0.25) is 4.79 Å². The highest BCUT2D eigenvalue weighted by Gasteiger charge is 2.57. The van der Waals surface area contributed by atoms with E-state index in [1.807, 2.05) is 0 Å². The number of piperidine rings is 1. The molecule has 1 unspecified atom stereocenters. The molecule has 1 spiro atoms. The number of carbonyl (C=O) groups is 1. The van der Waals surface area contributed by atoms with Gasteiger partial charge in [-0.05, 0) is 37.8 Å². The van der Waals surface area contributed by atoms with Crippen molar-refractivity contribution < 1.29 is 9.32 Å². The van der Waals surface area contributed by atoms with Crippen LogP contribution in [-0.4, -0.2) is 35.7 Å². The first-order chi connectivity index (χ1) is 8.80. The molecule has 1 saturated heterocycles. The molecule has 1 aliphatic heterocycles. The van der Waals surface area contributed by atoms with Gasteiger partial charge in [0.2, 0.25) is 11.8 Å². The van der Waals surface area contributed by atoms with Gasteiger partial charge in [-0.1, -0.05) is 5.16 Å². The molecule has 2 aliphatic rings. The lowest BCUT2D eigenvalue weighted by Gasteiger charge is -2.23. The summed E-state index contributed by atoms with van der Waals surface area (Å²) < 4.78 is 4.88. The van der Waals surface area contributed by atoms with E-state index in [0.29, 0.717) is 24.3 Å². The zero-order valence-corrected chi connectivity index (χ0v) is 10.3. The van der Waals surface area contributed by atoms with Gasteiger partial charge in [0.15, 0.2) is 6.33 Å². The van der Waals surface area contributed by atoms with Crippen LogP contribution in [0.3, 0.4) is 0 Å². The lowest BCUT2D eigenvalue weighted by molar-refractivity contribution is -0.123. The third-order valence-electron chi connectivity index (χ3n) is 4.15. The summed E-state index contributed by atoms with van der Waals surface area (Å²) >= 11 is 0. The van der Waals surface area contributed by atoms with Crippen molar-refractivity contribution in [1.82, 2.24) is 20.8 Å². The van der Waals surface area contributed by atoms with Crippen LogP contribution in [-0.2, 0) is 11.2 Å². The Bertz CT molecular complexity index is 412. The van der Waals surface area contributed by atoms with E-state index in [2.05, 4.69) is 20.8 Å². The van der Waals surface area contributed by atoms with Crippen molar-refractivity contribution >= 4 is 5.91 Å². The fourth-order valence-corrected chi connectivity index (χ4v) is 2.92. The van der Waals surface area contributed by atoms with Gasteiger partial charge in [0, 0.05) is 18.9 Å². The van der Waals surface area contributed by atoms with E-state index in [1.165, 1.54) is 6.33 Å². The van der Waals surface area contributed by atoms with Gasteiger partial charge in [0.25, 0.3) is 0 Å². The Morgan fingerprint density at radius 3 is 3.11 bits per heavy atom. The van der Waals surface area contributed by atoms with Crippen molar-refractivity contribution in [2.24, 2.45) is 11.3 Å². The van der Waals surface area contributed by atoms with Gasteiger partial charge in [0.1, 0.15) is 0 Å². The second-order valence-electron chi connectivity index (χ2n) is 5.25. The van der Waals surface area contributed by atoms with Crippen molar-refractivity contribution in [2.45, 2.75) is 25.7 Å². The van der Waals surface area contributed by atoms with Crippen molar-refractivity contribution in [3.63, 3.8) is 0 Å². The molecule has 1 aromatic rings. The van der Waals surface area contributed by atoms with Gasteiger partial charge in [0.05, 0.1) is 0 Å². The fraction of sp³-hybridized carbons (Fsp3) is 0.750. The van der Waals surface area contributed by atoms with Crippen molar-refractivity contribution in [3.05, 3.63) is 12.2 Å². The number of nitrogens with zero attached hydrogens (tertiary/aromatic N) is 2. The molecule has 1 aliphatic carbocycles. The standard InChI is InChI=1S/C12H18N4O2/c17-11(14-4-1-10-15-8-16-18-10)9-7-12(9)2-5-13-6-3-12/h8-9,13H,1-7H2,(H,14,17). The maximum Gasteiger partial charge on any atom is 0.228 e. The molecule has 18 heavy (non-hydrogen) atoms. The number of aromatic nitrogens is 2. The van der Waals surface area contributed by atoms with Gasteiger partial charge in [-0.2, -0.15) is 4.98 Å². The summed E-state index contributed by atoms with van der Waals surface area (Å²) in [6.07, 6.45) is 5.31. The molecule has 6 heteroatoms. The largest absolute Gasteiger partial charge is 0.355 e. The quantitative estimate of drug-likeness (QED) is 0.793. The normalized spacial score (nSPS) is 25.0. The summed E-state index contributed by atoms with van der Waals surface area (Å²) in [5.74, 6) is 0.987. The van der Waals surface area contributed by atoms with Crippen LogP contribution in [0.1, 0.15) is 25.2 Å². The Labute approximate surface area is 106 Å². The molecular formula is C12H18N4O2. The first kappa shape index (κ1) is 11.6. The molecule has 2 fully saturated rings. The molecule has 1 saturated carbocycles. The molecule has 6 nitrogen and oxygen atoms in total. The first-order valence-corrected chi connectivity index (χ1v) is 6.54. The van der Waals surface area contributed by atoms with E-state index in [9.17, 15) is 4.79 Å². The smallest absolute Gasteiger partial charge is 0.228 e. The minimum Gasteiger partial charge on any atom is -0.355 e. The van der Waals surface area contributed by atoms with Crippen LogP contribution in [0.4, 0.5) is 0 Å². The van der Waals surface area contributed by atoms with Crippen molar-refractivity contribution in [3.8, 4) is 0 Å². The zero-order chi connectivity index (χ0) is 12.4. The van der Waals surface area contributed by atoms with E-state index in [0.717, 1.165) is 32.4 Å². The lowest BCUT2D eigenvalue weighted by Crippen LogP contribution is -2.34. The molecule has 1 amide bonds. The van der Waals surface area contributed by atoms with E-state index in [4.69, 9.17) is 4.52 Å². The number of hydrogen-bond donors (Lipinski definition) is 2. The number of carbonyl (C=O) groups excluding carboxylic acids is 1. The molecule has 0 aromatic carbocycles. The topological polar surface area (TPSA) is 80.1 Å². The Hall–Kier alpha value is -1.43. The Morgan fingerprint density at radius 2 is 2.39 bits per heavy atom. The maximum absolute atomic E-state index is 12.0. The molecule has 1 atom stereocenters. The molecule has 98 valence electrons. The van der Waals surface area contributed by atoms with E-state index in [-0.39, 0.29) is 11.8 Å². The molecular weight excluding hydrogens is 232 g/mol. The van der Waals surface area contributed by atoms with E-state index >= 15 is 0 Å². The highest BCUT2D eigenvalue weighted by Crippen LogP contribution is 2.58. The van der Waals surface area contributed by atoms with Crippen LogP contribution < -0.4 is 10.6 Å². The zero-order valence-electron chi connectivity index (χ0n) is 10.3. The highest BCUT2D eigenvalue weighted by atomic mass is 16.5. The molecule has 3 rings (SSSR count). The molecule has 0 bridgehead atoms. The van der Waals surface area contributed by atoms with Gasteiger partial charge < -0.3 is 15.2 Å². The second-order valence-corrected chi connectivity index (χ2v) is 5.25. The summed E-state index contributed by atoms with van der Waals surface area (Å²) in [7, 11) is 0. The summed E-state index contributed by atoms with van der Waals surface area (Å²) in [5, 5.41) is 9.84. The fourth-order valence-electron chi connectivity index (χ4n) is 2.92. The predicted molar refractivity (Wildman–Crippen MR) is 63.7 cm³/mol. The summed E-state index contributed by atoms with van der Waals surface area (Å²) in [6, 6.07) is 0.